The van der Waals surface area contributed by atoms with E-state index in [0.717, 1.165) is 0 Å². The van der Waals surface area contributed by atoms with Crippen molar-refractivity contribution in [3.8, 4) is 0 Å². The van der Waals surface area contributed by atoms with Crippen LogP contribution in [0.15, 0.2) is 7.61 Å². The van der Waals surface area contributed by atoms with Crippen LogP contribution in [0.5, 0.6) is 0 Å². The van der Waals surface area contributed by atoms with Crippen LogP contribution in [0, 0.1) is 0 Å². The molecule has 0 aromatic rings. The fourth-order valence-electron chi connectivity index (χ4n) is 0.387. The number of hydrogen-bond donors (Lipinski definition) is 0. The molecule has 0 saturated heterocycles. The van der Waals surface area contributed by atoms with Crippen LogP contribution in [-0.2, 0) is 0 Å². The standard InChI is InChI=1S/C4H4S2Se2/c7-3-4(8)6-2-1-5-3/h1-2H2. The zero-order valence-electron chi connectivity index (χ0n) is 4.05. The predicted octanol–water partition coefficient (Wildman–Crippen LogP) is 0.930. The molecule has 0 saturated carbocycles. The molecule has 0 amide bonds. The molecule has 1 heterocycles. The van der Waals surface area contributed by atoms with Crippen molar-refractivity contribution in [3.05, 3.63) is 7.61 Å². The van der Waals surface area contributed by atoms with Gasteiger partial charge in [0.25, 0.3) is 0 Å². The Morgan fingerprint density at radius 2 is 1.38 bits per heavy atom. The monoisotopic (exact) mass is 276 g/mol. The van der Waals surface area contributed by atoms with Gasteiger partial charge in [-0.2, -0.15) is 0 Å². The van der Waals surface area contributed by atoms with Crippen LogP contribution in [0.3, 0.4) is 0 Å². The van der Waals surface area contributed by atoms with Crippen molar-refractivity contribution in [1.82, 2.24) is 0 Å². The molecule has 4 heteroatoms. The first-order valence-corrected chi connectivity index (χ1v) is 5.83. The molecular formula is C4H4S2Se2. The van der Waals surface area contributed by atoms with Gasteiger partial charge in [0.05, 0.1) is 0 Å². The second kappa shape index (κ2) is 3.60. The van der Waals surface area contributed by atoms with Crippen LogP contribution in [0.1, 0.15) is 0 Å². The van der Waals surface area contributed by atoms with Gasteiger partial charge in [-0.1, -0.05) is 0 Å². The Balaban J connectivity index is 2.60. The molecule has 0 aliphatic carbocycles. The summed E-state index contributed by atoms with van der Waals surface area (Å²) in [6, 6.07) is 0. The zero-order valence-corrected chi connectivity index (χ0v) is 9.11. The summed E-state index contributed by atoms with van der Waals surface area (Å²) in [6.07, 6.45) is 0. The Morgan fingerprint density at radius 1 is 1.00 bits per heavy atom. The molecule has 1 aliphatic rings. The van der Waals surface area contributed by atoms with E-state index in [1.54, 1.807) is 0 Å². The molecule has 0 aromatic heterocycles. The van der Waals surface area contributed by atoms with Gasteiger partial charge in [0, 0.05) is 0 Å². The van der Waals surface area contributed by atoms with E-state index in [-0.39, 0.29) is 0 Å². The van der Waals surface area contributed by atoms with Crippen molar-refractivity contribution in [2.45, 2.75) is 0 Å². The van der Waals surface area contributed by atoms with E-state index in [1.807, 2.05) is 23.5 Å². The Labute approximate surface area is 74.3 Å². The topological polar surface area (TPSA) is 0 Å². The number of thioether (sulfide) groups is 2. The van der Waals surface area contributed by atoms with Crippen molar-refractivity contribution in [1.29, 1.82) is 0 Å². The molecule has 0 unspecified atom stereocenters. The minimum absolute atomic E-state index is 1.25. The minimum atomic E-state index is 1.25. The van der Waals surface area contributed by atoms with Gasteiger partial charge in [-0.05, 0) is 0 Å². The maximum absolute atomic E-state index is 3.02. The molecule has 1 aliphatic heterocycles. The van der Waals surface area contributed by atoms with Crippen molar-refractivity contribution in [2.24, 2.45) is 0 Å². The molecule has 2 radical (unpaired) electrons. The van der Waals surface area contributed by atoms with Gasteiger partial charge in [0.2, 0.25) is 0 Å². The second-order valence-corrected chi connectivity index (χ2v) is 6.36. The molecule has 8 heavy (non-hydrogen) atoms. The first-order chi connectivity index (χ1) is 3.80. The van der Waals surface area contributed by atoms with E-state index in [1.165, 1.54) is 19.1 Å². The van der Waals surface area contributed by atoms with Gasteiger partial charge < -0.3 is 0 Å². The van der Waals surface area contributed by atoms with Crippen molar-refractivity contribution >= 4 is 55.5 Å². The summed E-state index contributed by atoms with van der Waals surface area (Å²) >= 11 is 9.83. The Morgan fingerprint density at radius 3 is 1.62 bits per heavy atom. The SMILES string of the molecule is [Se]C1=C([Se])SCCS1. The fourth-order valence-corrected chi connectivity index (χ4v) is 3.80. The van der Waals surface area contributed by atoms with E-state index < -0.39 is 0 Å². The molecule has 0 N–H and O–H groups in total. The third kappa shape index (κ3) is 2.02. The van der Waals surface area contributed by atoms with Crippen LogP contribution in [0.25, 0.3) is 0 Å². The molecule has 0 nitrogen and oxygen atoms in total. The Hall–Kier alpha value is 1.48. The molecule has 0 bridgehead atoms. The quantitative estimate of drug-likeness (QED) is 0.603. The molecule has 0 aromatic carbocycles. The predicted molar refractivity (Wildman–Crippen MR) is 43.5 cm³/mol. The molecule has 44 valence electrons. The zero-order chi connectivity index (χ0) is 5.98. The summed E-state index contributed by atoms with van der Waals surface area (Å²) in [6.45, 7) is 0. The summed E-state index contributed by atoms with van der Waals surface area (Å²) in [7, 11) is 0. The van der Waals surface area contributed by atoms with Crippen molar-refractivity contribution in [2.75, 3.05) is 11.5 Å². The van der Waals surface area contributed by atoms with E-state index in [2.05, 4.69) is 32.0 Å². The summed E-state index contributed by atoms with van der Waals surface area (Å²) < 4.78 is 2.67. The third-order valence-corrected chi connectivity index (χ3v) is 6.43. The molecule has 0 atom stereocenters. The van der Waals surface area contributed by atoms with Crippen molar-refractivity contribution in [3.63, 3.8) is 0 Å². The first-order valence-electron chi connectivity index (χ1n) is 2.14. The molecule has 1 rings (SSSR count). The first kappa shape index (κ1) is 7.58. The van der Waals surface area contributed by atoms with Gasteiger partial charge >= 0.3 is 74.7 Å². The van der Waals surface area contributed by atoms with Crippen LogP contribution in [0.2, 0.25) is 0 Å². The van der Waals surface area contributed by atoms with Gasteiger partial charge in [0.15, 0.2) is 0 Å². The Bertz CT molecular complexity index is 107. The van der Waals surface area contributed by atoms with E-state index in [9.17, 15) is 0 Å². The van der Waals surface area contributed by atoms with E-state index >= 15 is 0 Å². The summed E-state index contributed by atoms with van der Waals surface area (Å²) in [5, 5.41) is 0. The number of hydrogen-bond acceptors (Lipinski definition) is 2. The van der Waals surface area contributed by atoms with Crippen LogP contribution in [-0.4, -0.2) is 43.5 Å². The molecule has 0 fully saturated rings. The van der Waals surface area contributed by atoms with Crippen LogP contribution in [0.4, 0.5) is 0 Å². The van der Waals surface area contributed by atoms with Crippen molar-refractivity contribution < 1.29 is 0 Å². The number of rotatable bonds is 0. The Kier molecular flexibility index (Phi) is 3.41. The summed E-state index contributed by atoms with van der Waals surface area (Å²) in [5.74, 6) is 2.50. The molecular weight excluding hydrogens is 270 g/mol. The van der Waals surface area contributed by atoms with Gasteiger partial charge in [-0.15, -0.1) is 0 Å². The van der Waals surface area contributed by atoms with E-state index in [0.29, 0.717) is 0 Å². The normalized spacial score (nSPS) is 21.5. The second-order valence-electron chi connectivity index (χ2n) is 1.27. The van der Waals surface area contributed by atoms with Crippen LogP contribution < -0.4 is 0 Å². The summed E-state index contributed by atoms with van der Waals surface area (Å²) in [5.41, 5.74) is 0. The van der Waals surface area contributed by atoms with Gasteiger partial charge in [-0.3, -0.25) is 0 Å². The maximum atomic E-state index is 3.02. The summed E-state index contributed by atoms with van der Waals surface area (Å²) in [4.78, 5) is 0. The average Bonchev–Trinajstić information content (AvgIpc) is 1.77. The fraction of sp³-hybridized carbons (Fsp3) is 0.500. The van der Waals surface area contributed by atoms with Gasteiger partial charge in [0.1, 0.15) is 0 Å². The molecule has 0 spiro atoms. The third-order valence-electron chi connectivity index (χ3n) is 0.716. The van der Waals surface area contributed by atoms with Gasteiger partial charge in [-0.25, -0.2) is 0 Å². The average molecular weight is 274 g/mol. The van der Waals surface area contributed by atoms with Crippen LogP contribution >= 0.6 is 23.5 Å². The van der Waals surface area contributed by atoms with E-state index in [4.69, 9.17) is 0 Å².